The van der Waals surface area contributed by atoms with Crippen molar-refractivity contribution in [3.8, 4) is 0 Å². The molecule has 9 heteroatoms. The fraction of sp³-hybridized carbons (Fsp3) is 0.611. The predicted octanol–water partition coefficient (Wildman–Crippen LogP) is 2.61. The second-order valence-electron chi connectivity index (χ2n) is 7.16. The number of rotatable bonds is 5. The van der Waals surface area contributed by atoms with Crippen LogP contribution in [0.1, 0.15) is 37.7 Å². The normalized spacial score (nSPS) is 23.7. The Bertz CT molecular complexity index is 783. The number of amides is 1. The first-order chi connectivity index (χ1) is 12.7. The van der Waals surface area contributed by atoms with Gasteiger partial charge in [-0.05, 0) is 50.3 Å². The summed E-state index contributed by atoms with van der Waals surface area (Å²) in [5, 5.41) is 2.49. The van der Waals surface area contributed by atoms with Gasteiger partial charge in [0.25, 0.3) is 0 Å². The van der Waals surface area contributed by atoms with Crippen molar-refractivity contribution in [1.29, 1.82) is 0 Å². The van der Waals surface area contributed by atoms with E-state index in [9.17, 15) is 26.4 Å². The highest BCUT2D eigenvalue weighted by molar-refractivity contribution is 7.92. The first-order valence-electron chi connectivity index (χ1n) is 9.10. The summed E-state index contributed by atoms with van der Waals surface area (Å²) in [5.74, 6) is 0.0555. The van der Waals surface area contributed by atoms with Crippen LogP contribution in [0, 0.1) is 0 Å². The van der Waals surface area contributed by atoms with Crippen LogP contribution in [0.3, 0.4) is 0 Å². The fourth-order valence-corrected chi connectivity index (χ4v) is 5.37. The molecule has 1 aliphatic carbocycles. The number of likely N-dealkylation sites (tertiary alicyclic amines) is 1. The molecule has 1 N–H and O–H groups in total. The van der Waals surface area contributed by atoms with Gasteiger partial charge in [-0.3, -0.25) is 4.79 Å². The molecule has 1 heterocycles. The van der Waals surface area contributed by atoms with Gasteiger partial charge in [0.15, 0.2) is 9.84 Å². The third kappa shape index (κ3) is 4.63. The Kier molecular flexibility index (Phi) is 5.81. The van der Waals surface area contributed by atoms with Gasteiger partial charge in [0.2, 0.25) is 5.91 Å². The number of nitrogens with one attached hydrogen (secondary N) is 1. The first-order valence-corrected chi connectivity index (χ1v) is 10.6. The van der Waals surface area contributed by atoms with Crippen LogP contribution in [0.15, 0.2) is 29.2 Å². The number of nitrogens with zero attached hydrogens (tertiary/aromatic N) is 1. The third-order valence-electron chi connectivity index (χ3n) is 5.35. The Morgan fingerprint density at radius 1 is 1.15 bits per heavy atom. The molecular weight excluding hydrogens is 381 g/mol. The van der Waals surface area contributed by atoms with E-state index in [1.54, 1.807) is 4.90 Å². The van der Waals surface area contributed by atoms with Crippen molar-refractivity contribution in [3.63, 3.8) is 0 Å². The van der Waals surface area contributed by atoms with Crippen LogP contribution in [-0.4, -0.2) is 50.2 Å². The van der Waals surface area contributed by atoms with Crippen LogP contribution in [0.2, 0.25) is 0 Å². The predicted molar refractivity (Wildman–Crippen MR) is 93.9 cm³/mol. The Hall–Kier alpha value is -1.61. The van der Waals surface area contributed by atoms with Gasteiger partial charge in [0.05, 0.1) is 22.3 Å². The van der Waals surface area contributed by atoms with Gasteiger partial charge >= 0.3 is 6.18 Å². The van der Waals surface area contributed by atoms with Crippen LogP contribution < -0.4 is 5.32 Å². The van der Waals surface area contributed by atoms with E-state index in [0.717, 1.165) is 31.6 Å². The highest BCUT2D eigenvalue weighted by atomic mass is 32.2. The number of hydrogen-bond donors (Lipinski definition) is 1. The van der Waals surface area contributed by atoms with Crippen molar-refractivity contribution >= 4 is 15.7 Å². The maximum atomic E-state index is 12.9. The van der Waals surface area contributed by atoms with E-state index < -0.39 is 26.8 Å². The van der Waals surface area contributed by atoms with Crippen LogP contribution in [0.5, 0.6) is 0 Å². The summed E-state index contributed by atoms with van der Waals surface area (Å²) in [6.07, 6.45) is -1.64. The van der Waals surface area contributed by atoms with Crippen LogP contribution >= 0.6 is 0 Å². The SMILES string of the molecule is O=C(CN[C@H]1CC[C@H](S(=O)(=O)c2cccc(C(F)(F)F)c2)CC1)N1CCC1. The van der Waals surface area contributed by atoms with Crippen molar-refractivity contribution in [3.05, 3.63) is 29.8 Å². The minimum absolute atomic E-state index is 0.0555. The Balaban J connectivity index is 1.57. The van der Waals surface area contributed by atoms with E-state index in [0.29, 0.717) is 31.7 Å². The van der Waals surface area contributed by atoms with E-state index in [-0.39, 0.29) is 23.4 Å². The number of carbonyl (C=O) groups excluding carboxylic acids is 1. The minimum Gasteiger partial charge on any atom is -0.341 e. The molecule has 1 saturated heterocycles. The minimum atomic E-state index is -4.57. The van der Waals surface area contributed by atoms with E-state index in [2.05, 4.69) is 5.32 Å². The first kappa shape index (κ1) is 20.1. The van der Waals surface area contributed by atoms with Gasteiger partial charge in [-0.25, -0.2) is 8.42 Å². The maximum Gasteiger partial charge on any atom is 0.416 e. The van der Waals surface area contributed by atoms with Gasteiger partial charge < -0.3 is 10.2 Å². The average molecular weight is 404 g/mol. The summed E-state index contributed by atoms with van der Waals surface area (Å²) in [7, 11) is -3.81. The molecule has 1 aromatic rings. The Labute approximate surface area is 156 Å². The van der Waals surface area contributed by atoms with Crippen LogP contribution in [0.25, 0.3) is 0 Å². The van der Waals surface area contributed by atoms with Gasteiger partial charge in [-0.2, -0.15) is 13.2 Å². The lowest BCUT2D eigenvalue weighted by molar-refractivity contribution is -0.137. The molecule has 150 valence electrons. The van der Waals surface area contributed by atoms with Gasteiger partial charge in [-0.15, -0.1) is 0 Å². The highest BCUT2D eigenvalue weighted by Crippen LogP contribution is 2.33. The quantitative estimate of drug-likeness (QED) is 0.819. The number of benzene rings is 1. The Morgan fingerprint density at radius 2 is 1.81 bits per heavy atom. The lowest BCUT2D eigenvalue weighted by Crippen LogP contribution is -2.48. The van der Waals surface area contributed by atoms with E-state index >= 15 is 0 Å². The van der Waals surface area contributed by atoms with E-state index in [1.165, 1.54) is 6.07 Å². The average Bonchev–Trinajstić information content (AvgIpc) is 2.58. The Morgan fingerprint density at radius 3 is 2.37 bits per heavy atom. The molecular formula is C18H23F3N2O3S. The molecule has 2 fully saturated rings. The summed E-state index contributed by atoms with van der Waals surface area (Å²) in [6, 6.07) is 3.99. The summed E-state index contributed by atoms with van der Waals surface area (Å²) in [5.41, 5.74) is -0.955. The molecule has 27 heavy (non-hydrogen) atoms. The second kappa shape index (κ2) is 7.79. The lowest BCUT2D eigenvalue weighted by atomic mass is 9.95. The van der Waals surface area contributed by atoms with Gasteiger partial charge in [0, 0.05) is 19.1 Å². The van der Waals surface area contributed by atoms with Crippen LogP contribution in [-0.2, 0) is 20.8 Å². The molecule has 5 nitrogen and oxygen atoms in total. The van der Waals surface area contributed by atoms with Gasteiger partial charge in [0.1, 0.15) is 0 Å². The van der Waals surface area contributed by atoms with E-state index in [1.807, 2.05) is 0 Å². The second-order valence-corrected chi connectivity index (χ2v) is 9.39. The van der Waals surface area contributed by atoms with Crippen molar-refractivity contribution in [2.75, 3.05) is 19.6 Å². The standard InChI is InChI=1S/C18H23F3N2O3S/c19-18(20,21)13-3-1-4-16(11-13)27(25,26)15-7-5-14(6-8-15)22-12-17(24)23-9-2-10-23/h1,3-4,11,14-15,22H,2,5-10,12H2/t14-,15-. The number of halogens is 3. The summed E-state index contributed by atoms with van der Waals surface area (Å²) in [4.78, 5) is 13.4. The summed E-state index contributed by atoms with van der Waals surface area (Å²) >= 11 is 0. The molecule has 0 atom stereocenters. The molecule has 3 rings (SSSR count). The number of alkyl halides is 3. The molecule has 2 aliphatic rings. The fourth-order valence-electron chi connectivity index (χ4n) is 3.53. The van der Waals surface area contributed by atoms with Crippen molar-refractivity contribution in [1.82, 2.24) is 10.2 Å². The molecule has 0 unspecified atom stereocenters. The lowest BCUT2D eigenvalue weighted by Gasteiger charge is -2.33. The largest absolute Gasteiger partial charge is 0.416 e. The van der Waals surface area contributed by atoms with Gasteiger partial charge in [-0.1, -0.05) is 6.07 Å². The highest BCUT2D eigenvalue weighted by Gasteiger charge is 2.35. The molecule has 1 saturated carbocycles. The molecule has 1 aromatic carbocycles. The molecule has 0 spiro atoms. The van der Waals surface area contributed by atoms with Crippen molar-refractivity contribution < 1.29 is 26.4 Å². The van der Waals surface area contributed by atoms with E-state index in [4.69, 9.17) is 0 Å². The molecule has 0 bridgehead atoms. The number of hydrogen-bond acceptors (Lipinski definition) is 4. The summed E-state index contributed by atoms with van der Waals surface area (Å²) in [6.45, 7) is 1.83. The van der Waals surface area contributed by atoms with Crippen molar-refractivity contribution in [2.45, 2.75) is 54.5 Å². The van der Waals surface area contributed by atoms with Crippen molar-refractivity contribution in [2.24, 2.45) is 0 Å². The number of sulfone groups is 1. The smallest absolute Gasteiger partial charge is 0.341 e. The maximum absolute atomic E-state index is 12.9. The molecule has 1 amide bonds. The number of carbonyl (C=O) groups is 1. The topological polar surface area (TPSA) is 66.5 Å². The van der Waals surface area contributed by atoms with Crippen LogP contribution in [0.4, 0.5) is 13.2 Å². The zero-order valence-electron chi connectivity index (χ0n) is 14.8. The zero-order valence-corrected chi connectivity index (χ0v) is 15.7. The molecule has 0 aromatic heterocycles. The third-order valence-corrected chi connectivity index (χ3v) is 7.61. The molecule has 0 radical (unpaired) electrons. The molecule has 1 aliphatic heterocycles. The monoisotopic (exact) mass is 404 g/mol. The zero-order chi connectivity index (χ0) is 19.7. The summed E-state index contributed by atoms with van der Waals surface area (Å²) < 4.78 is 64.0.